The molecule has 0 heterocycles. The largest absolute Gasteiger partial charge is 0.461 e. The molecular formula is C7H15NO2. The van der Waals surface area contributed by atoms with Crippen molar-refractivity contribution in [3.8, 4) is 0 Å². The first-order valence-corrected chi connectivity index (χ1v) is 3.64. The van der Waals surface area contributed by atoms with E-state index in [2.05, 4.69) is 0 Å². The number of carbonyl (C=O) groups excluding carboxylic acids is 1. The first kappa shape index (κ1) is 9.43. The maximum Gasteiger partial charge on any atom is 0.319 e. The van der Waals surface area contributed by atoms with Crippen molar-refractivity contribution in [1.82, 2.24) is 0 Å². The monoisotopic (exact) mass is 145 g/mol. The van der Waals surface area contributed by atoms with E-state index in [4.69, 9.17) is 10.5 Å². The summed E-state index contributed by atoms with van der Waals surface area (Å²) >= 11 is 0. The summed E-state index contributed by atoms with van der Waals surface area (Å²) in [6, 6.07) is 0. The van der Waals surface area contributed by atoms with Gasteiger partial charge in [0.15, 0.2) is 0 Å². The molecule has 3 nitrogen and oxygen atoms in total. The third-order valence-electron chi connectivity index (χ3n) is 1.38. The Bertz CT molecular complexity index is 99.8. The molecule has 0 amide bonds. The van der Waals surface area contributed by atoms with E-state index >= 15 is 0 Å². The number of ether oxygens (including phenoxy) is 1. The second kappa shape index (κ2) is 5.23. The van der Waals surface area contributed by atoms with Crippen molar-refractivity contribution in [2.45, 2.75) is 32.8 Å². The van der Waals surface area contributed by atoms with Crippen LogP contribution in [0.5, 0.6) is 0 Å². The molecule has 0 unspecified atom stereocenters. The molecule has 2 N–H and O–H groups in total. The van der Waals surface area contributed by atoms with Crippen LogP contribution in [0.2, 0.25) is 0 Å². The Kier molecular flexibility index (Phi) is 4.94. The van der Waals surface area contributed by atoms with Crippen LogP contribution in [0.25, 0.3) is 0 Å². The Morgan fingerprint density at radius 3 is 2.30 bits per heavy atom. The van der Waals surface area contributed by atoms with E-state index in [-0.39, 0.29) is 18.6 Å². The molecule has 0 aliphatic heterocycles. The third kappa shape index (κ3) is 3.45. The van der Waals surface area contributed by atoms with Gasteiger partial charge in [-0.05, 0) is 12.8 Å². The molecule has 0 spiro atoms. The Hall–Kier alpha value is -0.570. The molecule has 3 heteroatoms. The lowest BCUT2D eigenvalue weighted by atomic mass is 10.2. The van der Waals surface area contributed by atoms with E-state index in [1.807, 2.05) is 13.8 Å². The topological polar surface area (TPSA) is 52.3 Å². The minimum Gasteiger partial charge on any atom is -0.461 e. The fourth-order valence-corrected chi connectivity index (χ4v) is 0.689. The summed E-state index contributed by atoms with van der Waals surface area (Å²) in [5, 5.41) is 0. The van der Waals surface area contributed by atoms with E-state index in [1.54, 1.807) is 0 Å². The van der Waals surface area contributed by atoms with Crippen molar-refractivity contribution >= 4 is 5.97 Å². The maximum absolute atomic E-state index is 10.6. The molecule has 0 bridgehead atoms. The van der Waals surface area contributed by atoms with Crippen molar-refractivity contribution < 1.29 is 9.53 Å². The van der Waals surface area contributed by atoms with Crippen LogP contribution < -0.4 is 5.73 Å². The van der Waals surface area contributed by atoms with Gasteiger partial charge in [-0.15, -0.1) is 0 Å². The predicted octanol–water partition coefficient (Wildman–Crippen LogP) is 0.677. The molecule has 0 saturated heterocycles. The lowest BCUT2D eigenvalue weighted by Gasteiger charge is -2.12. The van der Waals surface area contributed by atoms with Crippen molar-refractivity contribution in [3.63, 3.8) is 0 Å². The molecule has 10 heavy (non-hydrogen) atoms. The summed E-state index contributed by atoms with van der Waals surface area (Å²) in [6.07, 6.45) is 1.78. The fraction of sp³-hybridized carbons (Fsp3) is 0.857. The smallest absolute Gasteiger partial charge is 0.319 e. The number of hydrogen-bond donors (Lipinski definition) is 1. The summed E-state index contributed by atoms with van der Waals surface area (Å²) < 4.78 is 4.93. The highest BCUT2D eigenvalue weighted by Gasteiger charge is 2.07. The molecule has 0 aromatic heterocycles. The van der Waals surface area contributed by atoms with Gasteiger partial charge in [0.25, 0.3) is 0 Å². The van der Waals surface area contributed by atoms with Crippen LogP contribution >= 0.6 is 0 Å². The minimum absolute atomic E-state index is 0.0174. The Balaban J connectivity index is 3.52. The van der Waals surface area contributed by atoms with Crippen LogP contribution in [0.15, 0.2) is 0 Å². The summed E-state index contributed by atoms with van der Waals surface area (Å²) in [6.45, 7) is 3.95. The van der Waals surface area contributed by atoms with Gasteiger partial charge >= 0.3 is 5.97 Å². The lowest BCUT2D eigenvalue weighted by Crippen LogP contribution is -2.22. The van der Waals surface area contributed by atoms with Gasteiger partial charge in [-0.2, -0.15) is 0 Å². The van der Waals surface area contributed by atoms with Crippen LogP contribution in [0.4, 0.5) is 0 Å². The summed E-state index contributed by atoms with van der Waals surface area (Å²) in [5.41, 5.74) is 5.06. The van der Waals surface area contributed by atoms with Gasteiger partial charge in [0.1, 0.15) is 6.10 Å². The molecule has 0 radical (unpaired) electrons. The molecular weight excluding hydrogens is 130 g/mol. The van der Waals surface area contributed by atoms with E-state index < -0.39 is 0 Å². The van der Waals surface area contributed by atoms with Crippen molar-refractivity contribution in [2.75, 3.05) is 6.54 Å². The van der Waals surface area contributed by atoms with Crippen LogP contribution in [-0.4, -0.2) is 18.6 Å². The number of hydrogen-bond acceptors (Lipinski definition) is 3. The zero-order chi connectivity index (χ0) is 7.98. The van der Waals surface area contributed by atoms with Gasteiger partial charge in [0, 0.05) is 0 Å². The maximum atomic E-state index is 10.6. The molecule has 0 fully saturated rings. The lowest BCUT2D eigenvalue weighted by molar-refractivity contribution is -0.147. The van der Waals surface area contributed by atoms with Crippen molar-refractivity contribution in [2.24, 2.45) is 5.73 Å². The standard InChI is InChI=1S/C7H15NO2/c1-3-6(4-2)10-7(9)5-8/h6H,3-5,8H2,1-2H3. The number of rotatable bonds is 4. The second-order valence-electron chi connectivity index (χ2n) is 2.13. The van der Waals surface area contributed by atoms with Crippen LogP contribution in [0.3, 0.4) is 0 Å². The summed E-state index contributed by atoms with van der Waals surface area (Å²) in [5.74, 6) is -0.311. The Labute approximate surface area is 61.5 Å². The molecule has 0 atom stereocenters. The number of carbonyl (C=O) groups is 1. The Morgan fingerprint density at radius 2 is 2.00 bits per heavy atom. The molecule has 0 saturated carbocycles. The van der Waals surface area contributed by atoms with Crippen molar-refractivity contribution in [1.29, 1.82) is 0 Å². The minimum atomic E-state index is -0.311. The fourth-order valence-electron chi connectivity index (χ4n) is 0.689. The number of nitrogens with two attached hydrogens (primary N) is 1. The zero-order valence-corrected chi connectivity index (χ0v) is 6.59. The van der Waals surface area contributed by atoms with Gasteiger partial charge < -0.3 is 10.5 Å². The third-order valence-corrected chi connectivity index (χ3v) is 1.38. The van der Waals surface area contributed by atoms with E-state index in [1.165, 1.54) is 0 Å². The quantitative estimate of drug-likeness (QED) is 0.592. The second-order valence-corrected chi connectivity index (χ2v) is 2.13. The SMILES string of the molecule is CCC(CC)OC(=O)CN. The van der Waals surface area contributed by atoms with Gasteiger partial charge in [-0.3, -0.25) is 4.79 Å². The summed E-state index contributed by atoms with van der Waals surface area (Å²) in [4.78, 5) is 10.6. The van der Waals surface area contributed by atoms with Gasteiger partial charge in [-0.25, -0.2) is 0 Å². The zero-order valence-electron chi connectivity index (χ0n) is 6.59. The molecule has 0 aromatic carbocycles. The van der Waals surface area contributed by atoms with Crippen LogP contribution in [0, 0.1) is 0 Å². The number of esters is 1. The van der Waals surface area contributed by atoms with E-state index in [0.29, 0.717) is 0 Å². The molecule has 60 valence electrons. The van der Waals surface area contributed by atoms with Crippen LogP contribution in [-0.2, 0) is 9.53 Å². The van der Waals surface area contributed by atoms with Gasteiger partial charge in [0.05, 0.1) is 6.54 Å². The molecule has 0 aliphatic carbocycles. The first-order chi connectivity index (χ1) is 4.74. The highest BCUT2D eigenvalue weighted by atomic mass is 16.5. The highest BCUT2D eigenvalue weighted by molar-refractivity contribution is 5.71. The van der Waals surface area contributed by atoms with Crippen molar-refractivity contribution in [3.05, 3.63) is 0 Å². The average molecular weight is 145 g/mol. The average Bonchev–Trinajstić information content (AvgIpc) is 1.99. The predicted molar refractivity (Wildman–Crippen MR) is 39.5 cm³/mol. The van der Waals surface area contributed by atoms with Crippen LogP contribution in [0.1, 0.15) is 26.7 Å². The van der Waals surface area contributed by atoms with E-state index in [0.717, 1.165) is 12.8 Å². The normalized spacial score (nSPS) is 10.0. The molecule has 0 aliphatic rings. The van der Waals surface area contributed by atoms with E-state index in [9.17, 15) is 4.79 Å². The Morgan fingerprint density at radius 1 is 1.50 bits per heavy atom. The highest BCUT2D eigenvalue weighted by Crippen LogP contribution is 2.01. The molecule has 0 aromatic rings. The van der Waals surface area contributed by atoms with Gasteiger partial charge in [-0.1, -0.05) is 13.8 Å². The molecule has 0 rings (SSSR count). The summed E-state index contributed by atoms with van der Waals surface area (Å²) in [7, 11) is 0. The first-order valence-electron chi connectivity index (χ1n) is 3.64. The van der Waals surface area contributed by atoms with Gasteiger partial charge in [0.2, 0.25) is 0 Å².